The lowest BCUT2D eigenvalue weighted by Gasteiger charge is -2.19. The fourth-order valence-corrected chi connectivity index (χ4v) is 3.85. The van der Waals surface area contributed by atoms with Crippen molar-refractivity contribution in [1.29, 1.82) is 0 Å². The molecule has 2 atom stereocenters. The van der Waals surface area contributed by atoms with E-state index in [9.17, 15) is 12.8 Å². The quantitative estimate of drug-likeness (QED) is 0.903. The van der Waals surface area contributed by atoms with Crippen LogP contribution in [0.25, 0.3) is 0 Å². The van der Waals surface area contributed by atoms with Crippen LogP contribution >= 0.6 is 0 Å². The van der Waals surface area contributed by atoms with E-state index in [0.717, 1.165) is 6.42 Å². The summed E-state index contributed by atoms with van der Waals surface area (Å²) in [4.78, 5) is 0.0220. The van der Waals surface area contributed by atoms with Crippen LogP contribution in [-0.4, -0.2) is 26.3 Å². The molecule has 1 aliphatic carbocycles. The Morgan fingerprint density at radius 3 is 2.55 bits per heavy atom. The Bertz CT molecular complexity index is 616. The molecule has 2 N–H and O–H groups in total. The monoisotopic (exact) mass is 300 g/mol. The van der Waals surface area contributed by atoms with Crippen molar-refractivity contribution in [3.63, 3.8) is 0 Å². The molecule has 4 nitrogen and oxygen atoms in total. The molecule has 1 aliphatic rings. The molecule has 0 aromatic heterocycles. The van der Waals surface area contributed by atoms with E-state index in [1.807, 2.05) is 0 Å². The third-order valence-electron chi connectivity index (χ3n) is 4.05. The summed E-state index contributed by atoms with van der Waals surface area (Å²) in [5, 5.41) is 0. The van der Waals surface area contributed by atoms with Crippen molar-refractivity contribution in [3.05, 3.63) is 29.1 Å². The second kappa shape index (κ2) is 5.42. The van der Waals surface area contributed by atoms with Gasteiger partial charge in [-0.3, -0.25) is 0 Å². The van der Waals surface area contributed by atoms with E-state index in [2.05, 4.69) is 6.92 Å². The van der Waals surface area contributed by atoms with Crippen molar-refractivity contribution in [2.24, 2.45) is 17.6 Å². The molecule has 20 heavy (non-hydrogen) atoms. The average molecular weight is 300 g/mol. The predicted octanol–water partition coefficient (Wildman–Crippen LogP) is 1.87. The Morgan fingerprint density at radius 2 is 2.05 bits per heavy atom. The molecule has 1 aromatic rings. The van der Waals surface area contributed by atoms with Crippen molar-refractivity contribution in [3.8, 4) is 0 Å². The maximum Gasteiger partial charge on any atom is 0.243 e. The normalized spacial score (nSPS) is 22.3. The van der Waals surface area contributed by atoms with Crippen LogP contribution in [0.4, 0.5) is 4.39 Å². The van der Waals surface area contributed by atoms with Crippen LogP contribution in [-0.2, 0) is 16.6 Å². The molecule has 0 bridgehead atoms. The van der Waals surface area contributed by atoms with Gasteiger partial charge >= 0.3 is 0 Å². The van der Waals surface area contributed by atoms with Crippen LogP contribution in [0.2, 0.25) is 0 Å². The van der Waals surface area contributed by atoms with Crippen molar-refractivity contribution >= 4 is 10.0 Å². The Labute approximate surface area is 119 Å². The average Bonchev–Trinajstić information content (AvgIpc) is 3.07. The molecule has 0 saturated heterocycles. The molecule has 0 aliphatic heterocycles. The Morgan fingerprint density at radius 1 is 1.45 bits per heavy atom. The molecule has 0 amide bonds. The maximum atomic E-state index is 13.8. The summed E-state index contributed by atoms with van der Waals surface area (Å²) >= 11 is 0. The molecule has 2 rings (SSSR count). The number of hydrogen-bond acceptors (Lipinski definition) is 3. The molecule has 0 heterocycles. The number of nitrogens with zero attached hydrogens (tertiary/aromatic N) is 1. The van der Waals surface area contributed by atoms with E-state index in [-0.39, 0.29) is 17.0 Å². The van der Waals surface area contributed by atoms with E-state index in [0.29, 0.717) is 23.9 Å². The van der Waals surface area contributed by atoms with Crippen LogP contribution in [0, 0.1) is 24.6 Å². The smallest absolute Gasteiger partial charge is 0.243 e. The summed E-state index contributed by atoms with van der Waals surface area (Å²) in [6.45, 7) is 4.18. The Hall–Kier alpha value is -0.980. The summed E-state index contributed by atoms with van der Waals surface area (Å²) < 4.78 is 40.3. The first-order valence-corrected chi connectivity index (χ1v) is 8.16. The molecule has 2 unspecified atom stereocenters. The van der Waals surface area contributed by atoms with Crippen molar-refractivity contribution < 1.29 is 12.8 Å². The molecular weight excluding hydrogens is 279 g/mol. The number of rotatable bonds is 5. The Balaban J connectivity index is 2.35. The third-order valence-corrected chi connectivity index (χ3v) is 6.00. The summed E-state index contributed by atoms with van der Waals surface area (Å²) in [6.07, 6.45) is 1.05. The van der Waals surface area contributed by atoms with Crippen LogP contribution < -0.4 is 5.73 Å². The molecule has 6 heteroatoms. The first-order chi connectivity index (χ1) is 9.27. The van der Waals surface area contributed by atoms with Gasteiger partial charge in [-0.1, -0.05) is 6.92 Å². The highest BCUT2D eigenvalue weighted by Gasteiger charge is 2.36. The number of halogens is 1. The lowest BCUT2D eigenvalue weighted by molar-refractivity contribution is 0.443. The second-order valence-corrected chi connectivity index (χ2v) is 7.68. The molecule has 1 fully saturated rings. The van der Waals surface area contributed by atoms with Gasteiger partial charge in [-0.05, 0) is 42.9 Å². The highest BCUT2D eigenvalue weighted by Crippen LogP contribution is 2.39. The van der Waals surface area contributed by atoms with Gasteiger partial charge in [0.15, 0.2) is 0 Å². The van der Waals surface area contributed by atoms with Gasteiger partial charge in [0.25, 0.3) is 0 Å². The molecule has 0 radical (unpaired) electrons. The predicted molar refractivity (Wildman–Crippen MR) is 76.1 cm³/mol. The number of benzene rings is 1. The van der Waals surface area contributed by atoms with E-state index in [4.69, 9.17) is 5.73 Å². The second-order valence-electron chi connectivity index (χ2n) is 5.66. The topological polar surface area (TPSA) is 63.4 Å². The first-order valence-electron chi connectivity index (χ1n) is 6.72. The minimum absolute atomic E-state index is 0.0220. The number of sulfonamides is 1. The fraction of sp³-hybridized carbons (Fsp3) is 0.571. The minimum Gasteiger partial charge on any atom is -0.326 e. The standard InChI is InChI=1S/C14H21FN2O2S/c1-9-4-12(9)8-17(3)20(18,19)14-6-11(7-16)5-13(15)10(14)2/h5-6,9,12H,4,7-8,16H2,1-3H3. The summed E-state index contributed by atoms with van der Waals surface area (Å²) in [5.41, 5.74) is 6.13. The SMILES string of the molecule is Cc1c(F)cc(CN)cc1S(=O)(=O)N(C)CC1CC1C. The van der Waals surface area contributed by atoms with Gasteiger partial charge in [-0.15, -0.1) is 0 Å². The molecule has 1 saturated carbocycles. The van der Waals surface area contributed by atoms with Crippen molar-refractivity contribution in [2.45, 2.75) is 31.7 Å². The zero-order valence-electron chi connectivity index (χ0n) is 12.1. The van der Waals surface area contributed by atoms with E-state index < -0.39 is 15.8 Å². The molecule has 0 spiro atoms. The van der Waals surface area contributed by atoms with Gasteiger partial charge in [0.2, 0.25) is 10.0 Å². The van der Waals surface area contributed by atoms with Crippen LogP contribution in [0.3, 0.4) is 0 Å². The largest absolute Gasteiger partial charge is 0.326 e. The summed E-state index contributed by atoms with van der Waals surface area (Å²) in [7, 11) is -2.12. The highest BCUT2D eigenvalue weighted by molar-refractivity contribution is 7.89. The first kappa shape index (κ1) is 15.4. The van der Waals surface area contributed by atoms with E-state index in [1.165, 1.54) is 23.4 Å². The lowest BCUT2D eigenvalue weighted by Crippen LogP contribution is -2.30. The molecule has 1 aromatic carbocycles. The van der Waals surface area contributed by atoms with Gasteiger partial charge < -0.3 is 5.73 Å². The maximum absolute atomic E-state index is 13.8. The van der Waals surface area contributed by atoms with Gasteiger partial charge in [0.1, 0.15) is 5.82 Å². The fourth-order valence-electron chi connectivity index (χ4n) is 2.34. The number of hydrogen-bond donors (Lipinski definition) is 1. The minimum atomic E-state index is -3.67. The van der Waals surface area contributed by atoms with Gasteiger partial charge in [0, 0.05) is 25.7 Å². The summed E-state index contributed by atoms with van der Waals surface area (Å²) in [5.74, 6) is 0.457. The number of nitrogens with two attached hydrogens (primary N) is 1. The lowest BCUT2D eigenvalue weighted by atomic mass is 10.1. The van der Waals surface area contributed by atoms with E-state index >= 15 is 0 Å². The van der Waals surface area contributed by atoms with E-state index in [1.54, 1.807) is 7.05 Å². The van der Waals surface area contributed by atoms with Crippen LogP contribution in [0.1, 0.15) is 24.5 Å². The van der Waals surface area contributed by atoms with Gasteiger partial charge in [-0.2, -0.15) is 0 Å². The summed E-state index contributed by atoms with van der Waals surface area (Å²) in [6, 6.07) is 2.76. The van der Waals surface area contributed by atoms with Crippen LogP contribution in [0.5, 0.6) is 0 Å². The van der Waals surface area contributed by atoms with Gasteiger partial charge in [-0.25, -0.2) is 17.1 Å². The molecular formula is C14H21FN2O2S. The van der Waals surface area contributed by atoms with Gasteiger partial charge in [0.05, 0.1) is 4.90 Å². The molecule has 112 valence electrons. The highest BCUT2D eigenvalue weighted by atomic mass is 32.2. The van der Waals surface area contributed by atoms with Crippen molar-refractivity contribution in [1.82, 2.24) is 4.31 Å². The zero-order valence-corrected chi connectivity index (χ0v) is 12.9. The van der Waals surface area contributed by atoms with Crippen molar-refractivity contribution in [2.75, 3.05) is 13.6 Å². The van der Waals surface area contributed by atoms with Crippen LogP contribution in [0.15, 0.2) is 17.0 Å². The third kappa shape index (κ3) is 2.87. The zero-order chi connectivity index (χ0) is 15.1. The Kier molecular flexibility index (Phi) is 4.18.